The second-order valence-corrected chi connectivity index (χ2v) is 4.49. The third-order valence-electron chi connectivity index (χ3n) is 2.82. The molecule has 0 aromatic rings. The van der Waals surface area contributed by atoms with Crippen LogP contribution >= 0.6 is 0 Å². The van der Waals surface area contributed by atoms with Gasteiger partial charge in [-0.1, -0.05) is 36.5 Å². The lowest BCUT2D eigenvalue weighted by Crippen LogP contribution is -2.05. The van der Waals surface area contributed by atoms with Gasteiger partial charge < -0.3 is 4.74 Å². The molecule has 0 unspecified atom stereocenters. The summed E-state index contributed by atoms with van der Waals surface area (Å²) in [5, 5.41) is 0. The molecule has 0 radical (unpaired) electrons. The van der Waals surface area contributed by atoms with E-state index in [0.717, 1.165) is 44.9 Å². The number of hydrogen-bond acceptors (Lipinski definition) is 2. The first kappa shape index (κ1) is 14.7. The Labute approximate surface area is 110 Å². The molecule has 100 valence electrons. The Kier molecular flexibility index (Phi) is 8.87. The highest BCUT2D eigenvalue weighted by Crippen LogP contribution is 2.03. The van der Waals surface area contributed by atoms with Crippen LogP contribution in [0, 0.1) is 0 Å². The van der Waals surface area contributed by atoms with E-state index in [-0.39, 0.29) is 5.97 Å². The number of carbonyl (C=O) groups excluding carboxylic acids is 1. The minimum Gasteiger partial charge on any atom is -0.466 e. The fraction of sp³-hybridized carbons (Fsp3) is 0.562. The maximum Gasteiger partial charge on any atom is 0.305 e. The Morgan fingerprint density at radius 2 is 1.39 bits per heavy atom. The summed E-state index contributed by atoms with van der Waals surface area (Å²) in [7, 11) is 0. The molecular weight excluding hydrogens is 224 g/mol. The number of cyclic esters (lactones) is 1. The highest BCUT2D eigenvalue weighted by Gasteiger charge is 2.00. The SMILES string of the molecule is O=C1CCCC=CCC=CCC=CCCCCO1. The molecule has 1 aliphatic rings. The number of allylic oxidation sites excluding steroid dienone is 6. The first-order chi connectivity index (χ1) is 8.89. The Balaban J connectivity index is 2.31. The Morgan fingerprint density at radius 1 is 0.778 bits per heavy atom. The molecule has 0 saturated heterocycles. The van der Waals surface area contributed by atoms with Gasteiger partial charge in [0, 0.05) is 6.42 Å². The molecule has 0 spiro atoms. The van der Waals surface area contributed by atoms with Crippen LogP contribution in [-0.2, 0) is 9.53 Å². The first-order valence-corrected chi connectivity index (χ1v) is 7.00. The van der Waals surface area contributed by atoms with Crippen molar-refractivity contribution in [1.82, 2.24) is 0 Å². The summed E-state index contributed by atoms with van der Waals surface area (Å²) in [5.74, 6) is -0.0526. The van der Waals surface area contributed by atoms with Crippen molar-refractivity contribution in [2.24, 2.45) is 0 Å². The molecule has 0 bridgehead atoms. The van der Waals surface area contributed by atoms with Gasteiger partial charge in [0.1, 0.15) is 0 Å². The molecule has 0 aromatic heterocycles. The van der Waals surface area contributed by atoms with Gasteiger partial charge in [-0.2, -0.15) is 0 Å². The smallest absolute Gasteiger partial charge is 0.305 e. The molecule has 1 heterocycles. The van der Waals surface area contributed by atoms with Crippen molar-refractivity contribution >= 4 is 5.97 Å². The van der Waals surface area contributed by atoms with Crippen molar-refractivity contribution in [2.45, 2.75) is 51.4 Å². The quantitative estimate of drug-likeness (QED) is 0.471. The molecule has 18 heavy (non-hydrogen) atoms. The second kappa shape index (κ2) is 10.8. The van der Waals surface area contributed by atoms with Crippen LogP contribution in [-0.4, -0.2) is 12.6 Å². The maximum absolute atomic E-state index is 11.4. The molecule has 0 amide bonds. The zero-order valence-electron chi connectivity index (χ0n) is 11.1. The monoisotopic (exact) mass is 248 g/mol. The largest absolute Gasteiger partial charge is 0.466 e. The van der Waals surface area contributed by atoms with Crippen LogP contribution in [0.25, 0.3) is 0 Å². The van der Waals surface area contributed by atoms with E-state index >= 15 is 0 Å². The molecule has 1 rings (SSSR count). The predicted molar refractivity (Wildman–Crippen MR) is 75.3 cm³/mol. The number of ether oxygens (including phenoxy) is 1. The van der Waals surface area contributed by atoms with Gasteiger partial charge in [0.15, 0.2) is 0 Å². The molecule has 0 aromatic carbocycles. The van der Waals surface area contributed by atoms with Crippen molar-refractivity contribution in [2.75, 3.05) is 6.61 Å². The Bertz CT molecular complexity index is 300. The zero-order chi connectivity index (χ0) is 12.9. The fourth-order valence-corrected chi connectivity index (χ4v) is 1.76. The minimum atomic E-state index is -0.0526. The Hall–Kier alpha value is -1.31. The van der Waals surface area contributed by atoms with E-state index in [1.54, 1.807) is 0 Å². The summed E-state index contributed by atoms with van der Waals surface area (Å²) in [6, 6.07) is 0. The van der Waals surface area contributed by atoms with Gasteiger partial charge in [0.2, 0.25) is 0 Å². The lowest BCUT2D eigenvalue weighted by molar-refractivity contribution is -0.143. The minimum absolute atomic E-state index is 0.0526. The van der Waals surface area contributed by atoms with Crippen molar-refractivity contribution < 1.29 is 9.53 Å². The van der Waals surface area contributed by atoms with E-state index in [2.05, 4.69) is 36.5 Å². The van der Waals surface area contributed by atoms with Crippen molar-refractivity contribution in [1.29, 1.82) is 0 Å². The van der Waals surface area contributed by atoms with Gasteiger partial charge in [0.25, 0.3) is 0 Å². The highest BCUT2D eigenvalue weighted by atomic mass is 16.5. The van der Waals surface area contributed by atoms with Gasteiger partial charge in [-0.05, 0) is 44.9 Å². The average Bonchev–Trinajstić information content (AvgIpc) is 2.37. The lowest BCUT2D eigenvalue weighted by Gasteiger charge is -2.03. The molecule has 2 nitrogen and oxygen atoms in total. The van der Waals surface area contributed by atoms with E-state index < -0.39 is 0 Å². The zero-order valence-corrected chi connectivity index (χ0v) is 11.1. The summed E-state index contributed by atoms with van der Waals surface area (Å²) in [6.07, 6.45) is 20.6. The second-order valence-electron chi connectivity index (χ2n) is 4.49. The van der Waals surface area contributed by atoms with E-state index in [1.165, 1.54) is 0 Å². The summed E-state index contributed by atoms with van der Waals surface area (Å²) < 4.78 is 5.17. The van der Waals surface area contributed by atoms with Crippen LogP contribution in [0.5, 0.6) is 0 Å². The fourth-order valence-electron chi connectivity index (χ4n) is 1.76. The van der Waals surface area contributed by atoms with E-state index in [1.807, 2.05) is 0 Å². The van der Waals surface area contributed by atoms with Crippen molar-refractivity contribution in [3.63, 3.8) is 0 Å². The predicted octanol–water partition coefficient (Wildman–Crippen LogP) is 4.33. The van der Waals surface area contributed by atoms with Gasteiger partial charge >= 0.3 is 5.97 Å². The standard InChI is InChI=1S/C16H24O2/c17-16-14-12-10-8-6-4-2-1-3-5-7-9-11-13-15-18-16/h1-2,5-8H,3-4,9-15H2. The van der Waals surface area contributed by atoms with Gasteiger partial charge in [-0.3, -0.25) is 4.79 Å². The van der Waals surface area contributed by atoms with Crippen LogP contribution in [0.15, 0.2) is 36.5 Å². The van der Waals surface area contributed by atoms with E-state index in [4.69, 9.17) is 4.74 Å². The highest BCUT2D eigenvalue weighted by molar-refractivity contribution is 5.69. The third kappa shape index (κ3) is 8.80. The molecule has 0 N–H and O–H groups in total. The van der Waals surface area contributed by atoms with Gasteiger partial charge in [-0.15, -0.1) is 0 Å². The molecule has 0 atom stereocenters. The summed E-state index contributed by atoms with van der Waals surface area (Å²) >= 11 is 0. The third-order valence-corrected chi connectivity index (χ3v) is 2.82. The van der Waals surface area contributed by atoms with Gasteiger partial charge in [-0.25, -0.2) is 0 Å². The molecular formula is C16H24O2. The van der Waals surface area contributed by atoms with Crippen LogP contribution in [0.1, 0.15) is 51.4 Å². The summed E-state index contributed by atoms with van der Waals surface area (Å²) in [5.41, 5.74) is 0. The topological polar surface area (TPSA) is 26.3 Å². The lowest BCUT2D eigenvalue weighted by atomic mass is 10.2. The molecule has 2 heteroatoms. The molecule has 1 aliphatic heterocycles. The number of esters is 1. The number of carbonyl (C=O) groups is 1. The van der Waals surface area contributed by atoms with Crippen molar-refractivity contribution in [3.05, 3.63) is 36.5 Å². The molecule has 0 fully saturated rings. The Morgan fingerprint density at radius 3 is 2.11 bits per heavy atom. The average molecular weight is 248 g/mol. The maximum atomic E-state index is 11.4. The van der Waals surface area contributed by atoms with Crippen LogP contribution < -0.4 is 0 Å². The number of rotatable bonds is 0. The van der Waals surface area contributed by atoms with Crippen LogP contribution in [0.3, 0.4) is 0 Å². The normalized spacial score (nSPS) is 20.3. The summed E-state index contributed by atoms with van der Waals surface area (Å²) in [6.45, 7) is 0.572. The number of hydrogen-bond donors (Lipinski definition) is 0. The first-order valence-electron chi connectivity index (χ1n) is 7.00. The molecule has 0 saturated carbocycles. The van der Waals surface area contributed by atoms with E-state index in [0.29, 0.717) is 13.0 Å². The van der Waals surface area contributed by atoms with Crippen LogP contribution in [0.4, 0.5) is 0 Å². The van der Waals surface area contributed by atoms with E-state index in [9.17, 15) is 4.79 Å². The summed E-state index contributed by atoms with van der Waals surface area (Å²) in [4.78, 5) is 11.4. The van der Waals surface area contributed by atoms with Crippen molar-refractivity contribution in [3.8, 4) is 0 Å². The molecule has 0 aliphatic carbocycles. The van der Waals surface area contributed by atoms with Gasteiger partial charge in [0.05, 0.1) is 6.61 Å². The van der Waals surface area contributed by atoms with Crippen LogP contribution in [0.2, 0.25) is 0 Å².